The van der Waals surface area contributed by atoms with Crippen LogP contribution in [0.25, 0.3) is 0 Å². The molecule has 0 unspecified atom stereocenters. The van der Waals surface area contributed by atoms with Crippen molar-refractivity contribution < 1.29 is 42.4 Å². The molecule has 10 heteroatoms. The molecule has 9 nitrogen and oxygen atoms in total. The first-order chi connectivity index (χ1) is 7.19. The molecule has 0 aromatic carbocycles. The smallest absolute Gasteiger partial charge is 0.217 e. The molecule has 0 rings (SSSR count). The van der Waals surface area contributed by atoms with Gasteiger partial charge in [0.05, 0.1) is 6.61 Å². The fraction of sp³-hybridized carbons (Fsp3) is 0.833. The van der Waals surface area contributed by atoms with Crippen molar-refractivity contribution >= 4 is 16.7 Å². The Bertz CT molecular complexity index is 312. The van der Waals surface area contributed by atoms with Crippen LogP contribution in [0.2, 0.25) is 0 Å². The van der Waals surface area contributed by atoms with E-state index in [0.29, 0.717) is 0 Å². The van der Waals surface area contributed by atoms with Gasteiger partial charge in [-0.05, 0) is 0 Å². The van der Waals surface area contributed by atoms with Crippen molar-refractivity contribution in [3.63, 3.8) is 0 Å². The summed E-state index contributed by atoms with van der Waals surface area (Å²) in [5.74, 6) is 0. The van der Waals surface area contributed by atoms with Crippen LogP contribution in [0, 0.1) is 0 Å². The first kappa shape index (κ1) is 15.4. The lowest BCUT2D eigenvalue weighted by Crippen LogP contribution is -2.46. The molecule has 0 heterocycles. The zero-order valence-corrected chi connectivity index (χ0v) is 8.65. The second kappa shape index (κ2) is 6.20. The highest BCUT2D eigenvalue weighted by molar-refractivity contribution is 7.80. The van der Waals surface area contributed by atoms with Gasteiger partial charge in [-0.1, -0.05) is 0 Å². The van der Waals surface area contributed by atoms with Gasteiger partial charge in [0.25, 0.3) is 0 Å². The van der Waals surface area contributed by atoms with Crippen LogP contribution in [0.15, 0.2) is 0 Å². The highest BCUT2D eigenvalue weighted by Crippen LogP contribution is 2.05. The van der Waals surface area contributed by atoms with E-state index >= 15 is 0 Å². The van der Waals surface area contributed by atoms with Crippen LogP contribution in [0.3, 0.4) is 0 Å². The first-order valence-corrected chi connectivity index (χ1v) is 5.30. The molecule has 0 saturated heterocycles. The molecule has 0 saturated carbocycles. The Hall–Kier alpha value is -0.620. The van der Waals surface area contributed by atoms with E-state index in [4.69, 9.17) is 20.4 Å². The van der Waals surface area contributed by atoms with Gasteiger partial charge in [-0.15, -0.1) is 0 Å². The molecular formula is C6H11O9S-. The van der Waals surface area contributed by atoms with E-state index < -0.39 is 41.4 Å². The number of aldehydes is 1. The second-order valence-electron chi connectivity index (χ2n) is 2.87. The second-order valence-corrected chi connectivity index (χ2v) is 3.92. The molecule has 4 N–H and O–H groups in total. The molecule has 0 aromatic heterocycles. The number of rotatable bonds is 7. The maximum absolute atomic E-state index is 10.0. The van der Waals surface area contributed by atoms with Gasteiger partial charge in [-0.2, -0.15) is 0 Å². The van der Waals surface area contributed by atoms with Crippen LogP contribution < -0.4 is 0 Å². The van der Waals surface area contributed by atoms with Gasteiger partial charge < -0.3 is 29.8 Å². The maximum atomic E-state index is 10.0. The van der Waals surface area contributed by atoms with Crippen LogP contribution in [0.5, 0.6) is 0 Å². The van der Waals surface area contributed by atoms with Gasteiger partial charge in [-0.3, -0.25) is 4.18 Å². The van der Waals surface area contributed by atoms with Gasteiger partial charge in [0, 0.05) is 0 Å². The minimum absolute atomic E-state index is 0.0915. The first-order valence-electron chi connectivity index (χ1n) is 3.97. The van der Waals surface area contributed by atoms with E-state index in [1.807, 2.05) is 0 Å². The number of carbonyl (C=O) groups excluding carboxylic acids is 1. The summed E-state index contributed by atoms with van der Waals surface area (Å²) in [7, 11) is -5.04. The molecule has 0 aliphatic heterocycles. The molecule has 4 atom stereocenters. The normalized spacial score (nSPS) is 19.8. The quantitative estimate of drug-likeness (QED) is 0.203. The van der Waals surface area contributed by atoms with Crippen LogP contribution >= 0.6 is 0 Å². The highest BCUT2D eigenvalue weighted by atomic mass is 32.3. The largest absolute Gasteiger partial charge is 0.726 e. The summed E-state index contributed by atoms with van der Waals surface area (Å²) in [6.45, 7) is -1.10. The maximum Gasteiger partial charge on any atom is 0.217 e. The van der Waals surface area contributed by atoms with Gasteiger partial charge >= 0.3 is 0 Å². The monoisotopic (exact) mass is 259 g/mol. The van der Waals surface area contributed by atoms with E-state index in [2.05, 4.69) is 4.18 Å². The molecule has 0 bridgehead atoms. The Morgan fingerprint density at radius 2 is 1.69 bits per heavy atom. The van der Waals surface area contributed by atoms with Crippen LogP contribution in [0.1, 0.15) is 0 Å². The van der Waals surface area contributed by atoms with Gasteiger partial charge in [0.2, 0.25) is 10.4 Å². The average molecular weight is 259 g/mol. The third kappa shape index (κ3) is 5.46. The van der Waals surface area contributed by atoms with E-state index in [1.165, 1.54) is 0 Å². The Kier molecular flexibility index (Phi) is 5.96. The third-order valence-corrected chi connectivity index (χ3v) is 2.04. The summed E-state index contributed by atoms with van der Waals surface area (Å²) in [5, 5.41) is 35.9. The van der Waals surface area contributed by atoms with Crippen molar-refractivity contribution in [2.45, 2.75) is 24.4 Å². The molecule has 0 aromatic rings. The van der Waals surface area contributed by atoms with Crippen molar-refractivity contribution in [2.24, 2.45) is 0 Å². The SMILES string of the molecule is O=C[C@@H](O)[C@@H](O)[C@H](O)[C@H](O)COS(=O)(=O)[O-]. The zero-order chi connectivity index (χ0) is 12.9. The zero-order valence-electron chi connectivity index (χ0n) is 7.83. The number of carbonyl (C=O) groups is 1. The molecule has 0 aliphatic carbocycles. The lowest BCUT2D eigenvalue weighted by Gasteiger charge is -2.24. The van der Waals surface area contributed by atoms with E-state index in [-0.39, 0.29) is 6.29 Å². The molecule has 0 amide bonds. The van der Waals surface area contributed by atoms with Crippen LogP contribution in [0.4, 0.5) is 0 Å². The van der Waals surface area contributed by atoms with Gasteiger partial charge in [0.15, 0.2) is 6.29 Å². The molecule has 0 aliphatic rings. The number of hydrogen-bond acceptors (Lipinski definition) is 9. The van der Waals surface area contributed by atoms with E-state index in [9.17, 15) is 17.8 Å². The minimum atomic E-state index is -5.04. The summed E-state index contributed by atoms with van der Waals surface area (Å²) in [4.78, 5) is 10.0. The van der Waals surface area contributed by atoms with Crippen molar-refractivity contribution in [3.05, 3.63) is 0 Å². The number of aliphatic hydroxyl groups is 4. The Morgan fingerprint density at radius 1 is 1.19 bits per heavy atom. The molecule has 0 fully saturated rings. The minimum Gasteiger partial charge on any atom is -0.726 e. The molecule has 16 heavy (non-hydrogen) atoms. The molecule has 96 valence electrons. The topological polar surface area (TPSA) is 164 Å². The summed E-state index contributed by atoms with van der Waals surface area (Å²) < 4.78 is 33.5. The molecule has 0 spiro atoms. The van der Waals surface area contributed by atoms with Gasteiger partial charge in [-0.25, -0.2) is 8.42 Å². The van der Waals surface area contributed by atoms with Crippen molar-refractivity contribution in [3.8, 4) is 0 Å². The predicted molar refractivity (Wildman–Crippen MR) is 45.7 cm³/mol. The number of aliphatic hydroxyl groups excluding tert-OH is 4. The summed E-state index contributed by atoms with van der Waals surface area (Å²) in [5.41, 5.74) is 0. The van der Waals surface area contributed by atoms with Crippen molar-refractivity contribution in [1.82, 2.24) is 0 Å². The standard InChI is InChI=1S/C6H12O9S/c7-1-3(8)5(10)6(11)4(9)2-15-16(12,13)14/h1,3-6,8-11H,2H2,(H,12,13,14)/p-1/t3-,4-,5-,6-/m1/s1. The Balaban J connectivity index is 4.27. The fourth-order valence-corrected chi connectivity index (χ4v) is 1.07. The Morgan fingerprint density at radius 3 is 2.06 bits per heavy atom. The van der Waals surface area contributed by atoms with Gasteiger partial charge in [0.1, 0.15) is 24.4 Å². The average Bonchev–Trinajstić information content (AvgIpc) is 2.21. The summed E-state index contributed by atoms with van der Waals surface area (Å²) in [6.07, 6.45) is -8.06. The molecular weight excluding hydrogens is 248 g/mol. The highest BCUT2D eigenvalue weighted by Gasteiger charge is 2.30. The van der Waals surface area contributed by atoms with Crippen molar-refractivity contribution in [1.29, 1.82) is 0 Å². The lowest BCUT2D eigenvalue weighted by atomic mass is 10.0. The third-order valence-electron chi connectivity index (χ3n) is 1.62. The molecule has 0 radical (unpaired) electrons. The van der Waals surface area contributed by atoms with E-state index in [1.54, 1.807) is 0 Å². The summed E-state index contributed by atoms with van der Waals surface area (Å²) in [6, 6.07) is 0. The van der Waals surface area contributed by atoms with Crippen LogP contribution in [-0.2, 0) is 19.4 Å². The summed E-state index contributed by atoms with van der Waals surface area (Å²) >= 11 is 0. The van der Waals surface area contributed by atoms with Crippen molar-refractivity contribution in [2.75, 3.05) is 6.61 Å². The van der Waals surface area contributed by atoms with Crippen LogP contribution in [-0.4, -0.2) is 70.7 Å². The Labute approximate surface area is 90.9 Å². The fourth-order valence-electron chi connectivity index (χ4n) is 0.762. The van der Waals surface area contributed by atoms with E-state index in [0.717, 1.165) is 0 Å². The predicted octanol–water partition coefficient (Wildman–Crippen LogP) is -3.89. The number of hydrogen-bond donors (Lipinski definition) is 4. The lowest BCUT2D eigenvalue weighted by molar-refractivity contribution is -0.135.